The fourth-order valence-corrected chi connectivity index (χ4v) is 5.27. The largest absolute Gasteiger partial charge is 0.385 e. The van der Waals surface area contributed by atoms with Crippen LogP contribution in [0.15, 0.2) is 42.5 Å². The molecule has 2 aromatic rings. The van der Waals surface area contributed by atoms with Crippen LogP contribution in [0.5, 0.6) is 0 Å². The highest BCUT2D eigenvalue weighted by Gasteiger charge is 2.68. The standard InChI is InChI=1S/C20H24O/c1-18(2)15-11-12-19(18,3)20(21,13-15)17-10-6-8-14-7-4-5-9-16(14)17/h4-10,15,21H,11-13H2,1-3H3. The Morgan fingerprint density at radius 2 is 1.71 bits per heavy atom. The lowest BCUT2D eigenvalue weighted by atomic mass is 9.62. The van der Waals surface area contributed by atoms with Gasteiger partial charge in [0, 0.05) is 5.41 Å². The molecule has 2 aliphatic rings. The minimum atomic E-state index is -0.694. The van der Waals surface area contributed by atoms with Gasteiger partial charge in [-0.25, -0.2) is 0 Å². The zero-order valence-corrected chi connectivity index (χ0v) is 13.2. The Hall–Kier alpha value is -1.34. The van der Waals surface area contributed by atoms with Gasteiger partial charge in [0.15, 0.2) is 0 Å². The van der Waals surface area contributed by atoms with Gasteiger partial charge in [-0.05, 0) is 46.9 Å². The average molecular weight is 280 g/mol. The van der Waals surface area contributed by atoms with Crippen LogP contribution in [-0.2, 0) is 5.60 Å². The van der Waals surface area contributed by atoms with E-state index in [-0.39, 0.29) is 10.8 Å². The predicted octanol–water partition coefficient (Wildman–Crippen LogP) is 4.87. The molecule has 1 nitrogen and oxygen atoms in total. The zero-order chi connectivity index (χ0) is 14.9. The van der Waals surface area contributed by atoms with Crippen LogP contribution in [0.1, 0.15) is 45.6 Å². The van der Waals surface area contributed by atoms with Crippen molar-refractivity contribution in [3.05, 3.63) is 48.0 Å². The molecule has 0 radical (unpaired) electrons. The smallest absolute Gasteiger partial charge is 0.0963 e. The van der Waals surface area contributed by atoms with Crippen LogP contribution in [-0.4, -0.2) is 5.11 Å². The maximum Gasteiger partial charge on any atom is 0.0963 e. The molecule has 4 rings (SSSR count). The Bertz CT molecular complexity index is 711. The first kappa shape index (κ1) is 13.3. The molecule has 0 saturated heterocycles. The molecular formula is C20H24O. The molecule has 110 valence electrons. The Morgan fingerprint density at radius 3 is 2.38 bits per heavy atom. The molecule has 2 aromatic carbocycles. The van der Waals surface area contributed by atoms with Gasteiger partial charge in [-0.2, -0.15) is 0 Å². The summed E-state index contributed by atoms with van der Waals surface area (Å²) in [5.41, 5.74) is 0.617. The molecule has 1 N–H and O–H groups in total. The maximum absolute atomic E-state index is 11.7. The quantitative estimate of drug-likeness (QED) is 0.790. The van der Waals surface area contributed by atoms with Crippen molar-refractivity contribution < 1.29 is 5.11 Å². The van der Waals surface area contributed by atoms with E-state index in [9.17, 15) is 5.11 Å². The Morgan fingerprint density at radius 1 is 1.00 bits per heavy atom. The summed E-state index contributed by atoms with van der Waals surface area (Å²) in [5.74, 6) is 0.631. The molecule has 2 aliphatic carbocycles. The highest BCUT2D eigenvalue weighted by Crippen LogP contribution is 2.72. The van der Waals surface area contributed by atoms with E-state index in [1.54, 1.807) is 0 Å². The lowest BCUT2D eigenvalue weighted by molar-refractivity contribution is -0.0946. The summed E-state index contributed by atoms with van der Waals surface area (Å²) < 4.78 is 0. The topological polar surface area (TPSA) is 20.2 Å². The lowest BCUT2D eigenvalue weighted by Gasteiger charge is -2.46. The van der Waals surface area contributed by atoms with E-state index in [1.807, 2.05) is 0 Å². The zero-order valence-electron chi connectivity index (χ0n) is 13.2. The van der Waals surface area contributed by atoms with E-state index >= 15 is 0 Å². The van der Waals surface area contributed by atoms with Gasteiger partial charge in [-0.3, -0.25) is 0 Å². The van der Waals surface area contributed by atoms with Gasteiger partial charge in [-0.1, -0.05) is 63.2 Å². The third-order valence-electron chi connectivity index (χ3n) is 7.13. The number of rotatable bonds is 1. The SMILES string of the molecule is CC1(C)C2CCC1(C)C(O)(c1cccc3ccccc13)C2. The van der Waals surface area contributed by atoms with Crippen LogP contribution in [0.4, 0.5) is 0 Å². The molecule has 0 amide bonds. The van der Waals surface area contributed by atoms with Crippen molar-refractivity contribution in [2.45, 2.75) is 45.6 Å². The van der Waals surface area contributed by atoms with Gasteiger partial charge in [0.1, 0.15) is 0 Å². The molecule has 0 spiro atoms. The van der Waals surface area contributed by atoms with E-state index < -0.39 is 5.60 Å². The van der Waals surface area contributed by atoms with Gasteiger partial charge < -0.3 is 5.11 Å². The second-order valence-corrected chi connectivity index (χ2v) is 7.88. The molecule has 2 bridgehead atoms. The summed E-state index contributed by atoms with van der Waals surface area (Å²) in [6.45, 7) is 7.02. The van der Waals surface area contributed by atoms with Crippen LogP contribution >= 0.6 is 0 Å². The Kier molecular flexibility index (Phi) is 2.47. The molecule has 0 aromatic heterocycles. The summed E-state index contributed by atoms with van der Waals surface area (Å²) in [6, 6.07) is 14.8. The van der Waals surface area contributed by atoms with Gasteiger partial charge in [0.2, 0.25) is 0 Å². The first-order chi connectivity index (χ1) is 9.90. The van der Waals surface area contributed by atoms with Crippen molar-refractivity contribution in [2.24, 2.45) is 16.7 Å². The third-order valence-corrected chi connectivity index (χ3v) is 7.13. The fraction of sp³-hybridized carbons (Fsp3) is 0.500. The first-order valence-corrected chi connectivity index (χ1v) is 8.11. The van der Waals surface area contributed by atoms with Crippen molar-refractivity contribution in [1.29, 1.82) is 0 Å². The third kappa shape index (κ3) is 1.41. The maximum atomic E-state index is 11.7. The van der Waals surface area contributed by atoms with Crippen LogP contribution in [0, 0.1) is 16.7 Å². The molecular weight excluding hydrogens is 256 g/mol. The van der Waals surface area contributed by atoms with Gasteiger partial charge in [0.05, 0.1) is 5.60 Å². The molecule has 2 saturated carbocycles. The van der Waals surface area contributed by atoms with Crippen molar-refractivity contribution in [3.8, 4) is 0 Å². The highest BCUT2D eigenvalue weighted by molar-refractivity contribution is 5.86. The van der Waals surface area contributed by atoms with Gasteiger partial charge >= 0.3 is 0 Å². The van der Waals surface area contributed by atoms with E-state index in [1.165, 1.54) is 17.2 Å². The van der Waals surface area contributed by atoms with Crippen LogP contribution in [0.25, 0.3) is 10.8 Å². The summed E-state index contributed by atoms with van der Waals surface area (Å²) in [4.78, 5) is 0. The molecule has 1 heteroatoms. The molecule has 0 aliphatic heterocycles. The van der Waals surface area contributed by atoms with Gasteiger partial charge in [0.25, 0.3) is 0 Å². The first-order valence-electron chi connectivity index (χ1n) is 8.11. The van der Waals surface area contributed by atoms with Crippen LogP contribution < -0.4 is 0 Å². The molecule has 3 unspecified atom stereocenters. The van der Waals surface area contributed by atoms with Crippen molar-refractivity contribution in [1.82, 2.24) is 0 Å². The summed E-state index contributed by atoms with van der Waals surface area (Å²) in [6.07, 6.45) is 3.30. The van der Waals surface area contributed by atoms with Crippen LogP contribution in [0.2, 0.25) is 0 Å². The summed E-state index contributed by atoms with van der Waals surface area (Å²) in [5, 5.41) is 14.2. The molecule has 21 heavy (non-hydrogen) atoms. The fourth-order valence-electron chi connectivity index (χ4n) is 5.27. The second-order valence-electron chi connectivity index (χ2n) is 7.88. The highest BCUT2D eigenvalue weighted by atomic mass is 16.3. The number of aliphatic hydroxyl groups is 1. The minimum absolute atomic E-state index is 0.0329. The molecule has 2 fully saturated rings. The average Bonchev–Trinajstić information content (AvgIpc) is 2.79. The molecule has 3 atom stereocenters. The normalized spacial score (nSPS) is 37.2. The van der Waals surface area contributed by atoms with Crippen molar-refractivity contribution in [3.63, 3.8) is 0 Å². The van der Waals surface area contributed by atoms with Gasteiger partial charge in [-0.15, -0.1) is 0 Å². The van der Waals surface area contributed by atoms with Crippen LogP contribution in [0.3, 0.4) is 0 Å². The Balaban J connectivity index is 1.98. The number of benzene rings is 2. The van der Waals surface area contributed by atoms with E-state index in [4.69, 9.17) is 0 Å². The number of fused-ring (bicyclic) bond motifs is 3. The predicted molar refractivity (Wildman–Crippen MR) is 87.1 cm³/mol. The van der Waals surface area contributed by atoms with Crippen molar-refractivity contribution >= 4 is 10.8 Å². The number of hydrogen-bond acceptors (Lipinski definition) is 1. The number of hydrogen-bond donors (Lipinski definition) is 1. The molecule has 0 heterocycles. The lowest BCUT2D eigenvalue weighted by Crippen LogP contribution is -2.44. The monoisotopic (exact) mass is 280 g/mol. The minimum Gasteiger partial charge on any atom is -0.385 e. The second kappa shape index (κ2) is 3.89. The van der Waals surface area contributed by atoms with Crippen molar-refractivity contribution in [2.75, 3.05) is 0 Å². The summed E-state index contributed by atoms with van der Waals surface area (Å²) in [7, 11) is 0. The van der Waals surface area contributed by atoms with E-state index in [0.29, 0.717) is 5.92 Å². The van der Waals surface area contributed by atoms with E-state index in [2.05, 4.69) is 63.2 Å². The van der Waals surface area contributed by atoms with E-state index in [0.717, 1.165) is 18.4 Å². The summed E-state index contributed by atoms with van der Waals surface area (Å²) >= 11 is 0. The Labute approximate surface area is 127 Å².